The van der Waals surface area contributed by atoms with Gasteiger partial charge in [-0.3, -0.25) is 4.79 Å². The average molecular weight is 399 g/mol. The van der Waals surface area contributed by atoms with Crippen molar-refractivity contribution in [3.05, 3.63) is 30.3 Å². The second kappa shape index (κ2) is 7.38. The van der Waals surface area contributed by atoms with Crippen LogP contribution >= 0.6 is 12.0 Å². The second-order valence-electron chi connectivity index (χ2n) is 10.4. The number of hydrogen-bond acceptors (Lipinski definition) is 3. The zero-order valence-corrected chi connectivity index (χ0v) is 18.1. The summed E-state index contributed by atoms with van der Waals surface area (Å²) in [6, 6.07) is 9.92. The molecule has 3 heteroatoms. The Morgan fingerprint density at radius 3 is 2.57 bits per heavy atom. The summed E-state index contributed by atoms with van der Waals surface area (Å²) >= 11 is 1.42. The van der Waals surface area contributed by atoms with Crippen LogP contribution in [0.25, 0.3) is 0 Å². The highest BCUT2D eigenvalue weighted by molar-refractivity contribution is 7.96. The van der Waals surface area contributed by atoms with Crippen LogP contribution in [-0.2, 0) is 4.79 Å². The Morgan fingerprint density at radius 1 is 0.964 bits per heavy atom. The van der Waals surface area contributed by atoms with E-state index in [2.05, 4.69) is 13.8 Å². The van der Waals surface area contributed by atoms with Crippen molar-refractivity contribution in [3.8, 4) is 5.75 Å². The average Bonchev–Trinajstić information content (AvgIpc) is 2.97. The first-order valence-electron chi connectivity index (χ1n) is 11.5. The Kier molecular flexibility index (Phi) is 5.01. The molecule has 4 fully saturated rings. The first-order chi connectivity index (χ1) is 13.6. The quantitative estimate of drug-likeness (QED) is 0.540. The lowest BCUT2D eigenvalue weighted by Gasteiger charge is -2.54. The molecule has 0 amide bonds. The largest absolute Gasteiger partial charge is 0.425 e. The SMILES string of the molecule is CC1CCC2C3CCC4(C)C(=O)C(SOc5ccccc5)CC4C3CC[C@@H]2C1. The maximum Gasteiger partial charge on any atom is 0.155 e. The monoisotopic (exact) mass is 398 g/mol. The van der Waals surface area contributed by atoms with Gasteiger partial charge < -0.3 is 4.18 Å². The van der Waals surface area contributed by atoms with Crippen LogP contribution in [-0.4, -0.2) is 11.0 Å². The van der Waals surface area contributed by atoms with Crippen molar-refractivity contribution in [1.82, 2.24) is 0 Å². The number of Topliss-reactive ketones (excluding diaryl/α,β-unsaturated/α-hetero) is 1. The highest BCUT2D eigenvalue weighted by Crippen LogP contribution is 2.62. The van der Waals surface area contributed by atoms with Gasteiger partial charge in [0.15, 0.2) is 5.78 Å². The third kappa shape index (κ3) is 3.13. The zero-order chi connectivity index (χ0) is 19.3. The van der Waals surface area contributed by atoms with Gasteiger partial charge in [-0.15, -0.1) is 0 Å². The molecular weight excluding hydrogens is 364 g/mol. The lowest BCUT2D eigenvalue weighted by molar-refractivity contribution is -0.132. The van der Waals surface area contributed by atoms with Gasteiger partial charge >= 0.3 is 0 Å². The molecule has 7 unspecified atom stereocenters. The van der Waals surface area contributed by atoms with E-state index in [-0.39, 0.29) is 10.7 Å². The van der Waals surface area contributed by atoms with Gasteiger partial charge in [0, 0.05) is 5.41 Å². The number of hydrogen-bond donors (Lipinski definition) is 0. The van der Waals surface area contributed by atoms with E-state index in [0.717, 1.165) is 48.2 Å². The lowest BCUT2D eigenvalue weighted by Crippen LogP contribution is -2.48. The maximum atomic E-state index is 13.4. The molecule has 152 valence electrons. The van der Waals surface area contributed by atoms with Crippen molar-refractivity contribution in [1.29, 1.82) is 0 Å². The van der Waals surface area contributed by atoms with E-state index in [1.807, 2.05) is 30.3 Å². The fourth-order valence-corrected chi connectivity index (χ4v) is 8.51. The molecule has 4 aliphatic carbocycles. The van der Waals surface area contributed by atoms with Crippen LogP contribution in [0, 0.1) is 40.9 Å². The molecule has 5 rings (SSSR count). The summed E-state index contributed by atoms with van der Waals surface area (Å²) in [4.78, 5) is 13.4. The predicted octanol–water partition coefficient (Wildman–Crippen LogP) is 6.55. The molecule has 0 heterocycles. The van der Waals surface area contributed by atoms with Gasteiger partial charge in [0.25, 0.3) is 0 Å². The van der Waals surface area contributed by atoms with Crippen LogP contribution in [0.1, 0.15) is 65.2 Å². The van der Waals surface area contributed by atoms with Crippen LogP contribution in [0.3, 0.4) is 0 Å². The molecule has 0 radical (unpaired) electrons. The third-order valence-electron chi connectivity index (χ3n) is 8.93. The second-order valence-corrected chi connectivity index (χ2v) is 11.3. The van der Waals surface area contributed by atoms with E-state index < -0.39 is 0 Å². The normalized spacial score (nSPS) is 45.1. The molecule has 0 aromatic heterocycles. The van der Waals surface area contributed by atoms with E-state index in [1.165, 1.54) is 50.6 Å². The minimum atomic E-state index is -0.103. The number of para-hydroxylation sites is 1. The molecule has 0 spiro atoms. The number of fused-ring (bicyclic) bond motifs is 5. The lowest BCUT2D eigenvalue weighted by atomic mass is 9.50. The van der Waals surface area contributed by atoms with Crippen molar-refractivity contribution >= 4 is 17.8 Å². The van der Waals surface area contributed by atoms with Gasteiger partial charge in [0.1, 0.15) is 11.0 Å². The number of carbonyl (C=O) groups excluding carboxylic acids is 1. The molecular formula is C25H34O2S. The van der Waals surface area contributed by atoms with Gasteiger partial charge in [0.05, 0.1) is 12.0 Å². The molecule has 0 aliphatic heterocycles. The van der Waals surface area contributed by atoms with Crippen LogP contribution in [0.2, 0.25) is 0 Å². The van der Waals surface area contributed by atoms with Gasteiger partial charge in [0.2, 0.25) is 0 Å². The summed E-state index contributed by atoms with van der Waals surface area (Å²) in [6.45, 7) is 4.73. The van der Waals surface area contributed by atoms with Crippen LogP contribution in [0.4, 0.5) is 0 Å². The van der Waals surface area contributed by atoms with Crippen LogP contribution in [0.5, 0.6) is 5.75 Å². The standard InChI is InChI=1S/C25H34O2S/c1-16-8-10-19-17(14-16)9-11-21-20(19)12-13-25(2)22(21)15-23(24(25)26)28-27-18-6-4-3-5-7-18/h3-7,16-17,19-23H,8-15H2,1-2H3/t16?,17-,19?,20?,21?,22?,23?,25?/m1/s1. The van der Waals surface area contributed by atoms with Crippen LogP contribution < -0.4 is 4.18 Å². The van der Waals surface area contributed by atoms with Gasteiger partial charge in [-0.25, -0.2) is 0 Å². The summed E-state index contributed by atoms with van der Waals surface area (Å²) in [5.41, 5.74) is -0.103. The van der Waals surface area contributed by atoms with Crippen molar-refractivity contribution in [2.45, 2.75) is 70.5 Å². The minimum Gasteiger partial charge on any atom is -0.425 e. The smallest absolute Gasteiger partial charge is 0.155 e. The van der Waals surface area contributed by atoms with Crippen LogP contribution in [0.15, 0.2) is 30.3 Å². The molecule has 2 nitrogen and oxygen atoms in total. The minimum absolute atomic E-state index is 0.0121. The van der Waals surface area contributed by atoms with Crippen molar-refractivity contribution < 1.29 is 8.98 Å². The molecule has 4 aliphatic rings. The molecule has 4 saturated carbocycles. The van der Waals surface area contributed by atoms with E-state index in [1.54, 1.807) is 0 Å². The van der Waals surface area contributed by atoms with E-state index in [9.17, 15) is 4.79 Å². The summed E-state index contributed by atoms with van der Waals surface area (Å²) < 4.78 is 5.94. The molecule has 0 N–H and O–H groups in total. The van der Waals surface area contributed by atoms with E-state index in [0.29, 0.717) is 11.7 Å². The summed E-state index contributed by atoms with van der Waals surface area (Å²) in [6.07, 6.45) is 10.5. The number of ketones is 1. The first kappa shape index (κ1) is 19.0. The zero-order valence-electron chi connectivity index (χ0n) is 17.3. The van der Waals surface area contributed by atoms with E-state index in [4.69, 9.17) is 4.18 Å². The number of carbonyl (C=O) groups is 1. The van der Waals surface area contributed by atoms with Gasteiger partial charge in [-0.05, 0) is 92.6 Å². The summed E-state index contributed by atoms with van der Waals surface area (Å²) in [5, 5.41) is 0.0121. The Labute approximate surface area is 174 Å². The van der Waals surface area contributed by atoms with Gasteiger partial charge in [-0.1, -0.05) is 38.5 Å². The molecule has 8 atom stereocenters. The fraction of sp³-hybridized carbons (Fsp3) is 0.720. The molecule has 0 bridgehead atoms. The molecule has 1 aromatic rings. The molecule has 1 aromatic carbocycles. The first-order valence-corrected chi connectivity index (χ1v) is 12.3. The van der Waals surface area contributed by atoms with E-state index >= 15 is 0 Å². The summed E-state index contributed by atoms with van der Waals surface area (Å²) in [5.74, 6) is 6.41. The Balaban J connectivity index is 1.31. The topological polar surface area (TPSA) is 26.3 Å². The Morgan fingerprint density at radius 2 is 1.75 bits per heavy atom. The number of rotatable bonds is 3. The van der Waals surface area contributed by atoms with Crippen molar-refractivity contribution in [2.24, 2.45) is 40.9 Å². The number of benzene rings is 1. The fourth-order valence-electron chi connectivity index (χ4n) is 7.53. The molecule has 0 saturated heterocycles. The third-order valence-corrected chi connectivity index (χ3v) is 9.86. The Hall–Kier alpha value is -0.960. The maximum absolute atomic E-state index is 13.4. The van der Waals surface area contributed by atoms with Gasteiger partial charge in [-0.2, -0.15) is 0 Å². The Bertz CT molecular complexity index is 719. The summed E-state index contributed by atoms with van der Waals surface area (Å²) in [7, 11) is 0. The van der Waals surface area contributed by atoms with Crippen molar-refractivity contribution in [2.75, 3.05) is 0 Å². The highest BCUT2D eigenvalue weighted by atomic mass is 32.2. The molecule has 28 heavy (non-hydrogen) atoms. The highest BCUT2D eigenvalue weighted by Gasteiger charge is 2.60. The predicted molar refractivity (Wildman–Crippen MR) is 115 cm³/mol. The van der Waals surface area contributed by atoms with Crippen molar-refractivity contribution in [3.63, 3.8) is 0 Å².